The standard InChI is InChI=1S/C27H51N5O13/c1-9(31-3)13-6-5-10(28)24(41-13)42-18-11(29)7-12(30)19(17(18)36)43-26-21(22(32-4)27(2,39)8-40-26)45-25-16(35)14(33)15(34)20(44-25)23(37)38/h9-22,24-26,31-36,39H,5-8,28-30H2,1-4H3,(H,37,38). The van der Waals surface area contributed by atoms with Crippen molar-refractivity contribution in [3.05, 3.63) is 0 Å². The van der Waals surface area contributed by atoms with Gasteiger partial charge in [-0.2, -0.15) is 0 Å². The topological polar surface area (TPSA) is 296 Å². The first-order valence-corrected chi connectivity index (χ1v) is 15.3. The molecule has 18 unspecified atom stereocenters. The van der Waals surface area contributed by atoms with Crippen molar-refractivity contribution in [1.82, 2.24) is 10.6 Å². The molecule has 18 heteroatoms. The molecule has 0 radical (unpaired) electrons. The van der Waals surface area contributed by atoms with Crippen LogP contribution in [0.5, 0.6) is 0 Å². The maximum absolute atomic E-state index is 11.6. The van der Waals surface area contributed by atoms with Gasteiger partial charge < -0.3 is 86.9 Å². The summed E-state index contributed by atoms with van der Waals surface area (Å²) in [6, 6.07) is -2.92. The van der Waals surface area contributed by atoms with Gasteiger partial charge in [0.05, 0.1) is 24.8 Å². The number of carboxylic acid groups (broad SMARTS) is 1. The van der Waals surface area contributed by atoms with Gasteiger partial charge in [-0.1, -0.05) is 0 Å². The van der Waals surface area contributed by atoms with Crippen molar-refractivity contribution < 1.29 is 63.9 Å². The molecule has 4 rings (SSSR count). The third kappa shape index (κ3) is 7.78. The Hall–Kier alpha value is -1.17. The lowest BCUT2D eigenvalue weighted by molar-refractivity contribution is -0.359. The number of aliphatic hydroxyl groups excluding tert-OH is 4. The van der Waals surface area contributed by atoms with Gasteiger partial charge in [0.15, 0.2) is 25.0 Å². The molecule has 4 fully saturated rings. The Bertz CT molecular complexity index is 985. The van der Waals surface area contributed by atoms with Gasteiger partial charge in [-0.05, 0) is 47.2 Å². The average molecular weight is 654 g/mol. The molecule has 0 aromatic heterocycles. The third-order valence-corrected chi connectivity index (χ3v) is 9.32. The Balaban J connectivity index is 1.54. The first-order valence-electron chi connectivity index (χ1n) is 15.3. The van der Waals surface area contributed by atoms with Crippen LogP contribution in [0.15, 0.2) is 0 Å². The number of likely N-dealkylation sites (N-methyl/N-ethyl adjacent to an activating group) is 2. The van der Waals surface area contributed by atoms with Crippen molar-refractivity contribution >= 4 is 5.97 Å². The van der Waals surface area contributed by atoms with E-state index in [1.807, 2.05) is 14.0 Å². The van der Waals surface area contributed by atoms with Crippen molar-refractivity contribution in [3.63, 3.8) is 0 Å². The van der Waals surface area contributed by atoms with Crippen LogP contribution in [-0.2, 0) is 33.2 Å². The second-order valence-corrected chi connectivity index (χ2v) is 12.8. The van der Waals surface area contributed by atoms with E-state index in [1.165, 1.54) is 14.0 Å². The molecule has 18 atom stereocenters. The number of carboxylic acids is 1. The van der Waals surface area contributed by atoms with E-state index >= 15 is 0 Å². The number of rotatable bonds is 10. The van der Waals surface area contributed by atoms with E-state index in [0.29, 0.717) is 6.42 Å². The predicted octanol–water partition coefficient (Wildman–Crippen LogP) is -5.41. The zero-order chi connectivity index (χ0) is 33.4. The maximum atomic E-state index is 11.6. The number of ether oxygens (including phenoxy) is 6. The highest BCUT2D eigenvalue weighted by atomic mass is 16.8. The van der Waals surface area contributed by atoms with Gasteiger partial charge in [-0.15, -0.1) is 0 Å². The van der Waals surface area contributed by atoms with Crippen LogP contribution >= 0.6 is 0 Å². The minimum Gasteiger partial charge on any atom is -0.479 e. The summed E-state index contributed by atoms with van der Waals surface area (Å²) in [6.45, 7) is 3.17. The van der Waals surface area contributed by atoms with E-state index in [0.717, 1.165) is 6.42 Å². The van der Waals surface area contributed by atoms with Crippen LogP contribution in [-0.4, -0.2) is 167 Å². The van der Waals surface area contributed by atoms with Gasteiger partial charge in [0.1, 0.15) is 48.3 Å². The molecule has 0 bridgehead atoms. The number of aliphatic carboxylic acids is 1. The Morgan fingerprint density at radius 3 is 2.02 bits per heavy atom. The fourth-order valence-corrected chi connectivity index (χ4v) is 6.47. The second kappa shape index (κ2) is 14.9. The van der Waals surface area contributed by atoms with Crippen LogP contribution in [0.2, 0.25) is 0 Å². The molecule has 1 saturated carbocycles. The van der Waals surface area contributed by atoms with Crippen LogP contribution < -0.4 is 27.8 Å². The van der Waals surface area contributed by atoms with Gasteiger partial charge in [0.25, 0.3) is 0 Å². The summed E-state index contributed by atoms with van der Waals surface area (Å²) in [4.78, 5) is 11.6. The lowest BCUT2D eigenvalue weighted by atomic mass is 9.84. The lowest BCUT2D eigenvalue weighted by Gasteiger charge is -2.50. The largest absolute Gasteiger partial charge is 0.479 e. The van der Waals surface area contributed by atoms with Crippen LogP contribution in [0.1, 0.15) is 33.1 Å². The number of carbonyl (C=O) groups is 1. The predicted molar refractivity (Wildman–Crippen MR) is 153 cm³/mol. The van der Waals surface area contributed by atoms with Gasteiger partial charge in [0.2, 0.25) is 0 Å². The monoisotopic (exact) mass is 653 g/mol. The third-order valence-electron chi connectivity index (χ3n) is 9.32. The molecule has 0 amide bonds. The molecule has 0 spiro atoms. The first kappa shape index (κ1) is 36.7. The van der Waals surface area contributed by atoms with Crippen molar-refractivity contribution in [3.8, 4) is 0 Å². The first-order chi connectivity index (χ1) is 21.1. The van der Waals surface area contributed by atoms with E-state index in [1.54, 1.807) is 0 Å². The molecular weight excluding hydrogens is 602 g/mol. The smallest absolute Gasteiger partial charge is 0.335 e. The normalized spacial score (nSPS) is 50.2. The van der Waals surface area contributed by atoms with E-state index in [2.05, 4.69) is 10.6 Å². The zero-order valence-electron chi connectivity index (χ0n) is 25.9. The van der Waals surface area contributed by atoms with Crippen LogP contribution in [0.4, 0.5) is 0 Å². The highest BCUT2D eigenvalue weighted by Crippen LogP contribution is 2.34. The average Bonchev–Trinajstić information content (AvgIpc) is 2.98. The quantitative estimate of drug-likeness (QED) is 0.105. The highest BCUT2D eigenvalue weighted by molar-refractivity contribution is 5.73. The summed E-state index contributed by atoms with van der Waals surface area (Å²) in [7, 11) is 3.34. The summed E-state index contributed by atoms with van der Waals surface area (Å²) < 4.78 is 35.6. The number of nitrogens with one attached hydrogen (secondary N) is 2. The molecule has 14 N–H and O–H groups in total. The van der Waals surface area contributed by atoms with E-state index in [4.69, 9.17) is 45.6 Å². The van der Waals surface area contributed by atoms with E-state index < -0.39 is 103 Å². The Labute approximate surface area is 261 Å². The van der Waals surface area contributed by atoms with Gasteiger partial charge in [-0.3, -0.25) is 0 Å². The summed E-state index contributed by atoms with van der Waals surface area (Å²) in [5, 5.41) is 69.1. The molecule has 4 aliphatic rings. The highest BCUT2D eigenvalue weighted by Gasteiger charge is 2.55. The van der Waals surface area contributed by atoms with Crippen molar-refractivity contribution in [2.45, 2.75) is 143 Å². The molecule has 45 heavy (non-hydrogen) atoms. The van der Waals surface area contributed by atoms with Gasteiger partial charge in [0, 0.05) is 18.1 Å². The van der Waals surface area contributed by atoms with Crippen molar-refractivity contribution in [2.24, 2.45) is 17.2 Å². The number of hydrogen-bond acceptors (Lipinski definition) is 17. The zero-order valence-corrected chi connectivity index (χ0v) is 25.9. The van der Waals surface area contributed by atoms with Crippen LogP contribution in [0, 0.1) is 0 Å². The van der Waals surface area contributed by atoms with Crippen LogP contribution in [0.3, 0.4) is 0 Å². The molecule has 262 valence electrons. The minimum atomic E-state index is -1.94. The summed E-state index contributed by atoms with van der Waals surface area (Å²) in [5.41, 5.74) is 17.5. The molecule has 0 aromatic rings. The molecular formula is C27H51N5O13. The number of aliphatic hydroxyl groups is 5. The van der Waals surface area contributed by atoms with Gasteiger partial charge in [-0.25, -0.2) is 4.79 Å². The molecule has 3 saturated heterocycles. The summed E-state index contributed by atoms with van der Waals surface area (Å²) in [6.07, 6.45) is -15.2. The number of hydrogen-bond donors (Lipinski definition) is 11. The SMILES string of the molecule is CNC(C)C1CCC(N)C(OC2C(N)CC(N)C(OC3OCC(C)(O)C(NC)C3OC3OC(C(=O)O)C(O)C(O)C3O)C2O)O1. The van der Waals surface area contributed by atoms with Crippen molar-refractivity contribution in [1.29, 1.82) is 0 Å². The fourth-order valence-electron chi connectivity index (χ4n) is 6.47. The summed E-state index contributed by atoms with van der Waals surface area (Å²) >= 11 is 0. The van der Waals surface area contributed by atoms with Gasteiger partial charge >= 0.3 is 5.97 Å². The summed E-state index contributed by atoms with van der Waals surface area (Å²) in [5.74, 6) is -1.60. The van der Waals surface area contributed by atoms with E-state index in [9.17, 15) is 35.4 Å². The fraction of sp³-hybridized carbons (Fsp3) is 0.963. The van der Waals surface area contributed by atoms with Crippen LogP contribution in [0.25, 0.3) is 0 Å². The maximum Gasteiger partial charge on any atom is 0.335 e. The minimum absolute atomic E-state index is 0.0255. The molecule has 3 aliphatic heterocycles. The Morgan fingerprint density at radius 2 is 1.44 bits per heavy atom. The second-order valence-electron chi connectivity index (χ2n) is 12.8. The molecule has 3 heterocycles. The molecule has 1 aliphatic carbocycles. The van der Waals surface area contributed by atoms with Crippen molar-refractivity contribution in [2.75, 3.05) is 20.7 Å². The molecule has 0 aromatic carbocycles. The Morgan fingerprint density at radius 1 is 0.844 bits per heavy atom. The Kier molecular flexibility index (Phi) is 12.2. The number of nitrogens with two attached hydrogens (primary N) is 3. The van der Waals surface area contributed by atoms with E-state index in [-0.39, 0.29) is 25.2 Å². The lowest BCUT2D eigenvalue weighted by Crippen LogP contribution is -2.70. The molecule has 18 nitrogen and oxygen atoms in total.